The van der Waals surface area contributed by atoms with Crippen molar-refractivity contribution < 1.29 is 4.79 Å². The molecule has 0 atom stereocenters. The van der Waals surface area contributed by atoms with Crippen LogP contribution in [0.1, 0.15) is 20.8 Å². The van der Waals surface area contributed by atoms with Crippen LogP contribution in [0, 0.1) is 6.92 Å². The number of carbonyl (C=O) groups excluding carboxylic acids is 1. The highest BCUT2D eigenvalue weighted by molar-refractivity contribution is 7.19. The van der Waals surface area contributed by atoms with E-state index in [0.717, 1.165) is 11.4 Å². The number of nitrogens with one attached hydrogen (secondary N) is 1. The van der Waals surface area contributed by atoms with Gasteiger partial charge in [-0.15, -0.1) is 11.3 Å². The smallest absolute Gasteiger partial charge is 0.254 e. The van der Waals surface area contributed by atoms with Crippen molar-refractivity contribution in [3.63, 3.8) is 0 Å². The molecule has 1 N–H and O–H groups in total. The summed E-state index contributed by atoms with van der Waals surface area (Å²) in [5.41, 5.74) is 1.62. The fourth-order valence-electron chi connectivity index (χ4n) is 2.42. The van der Waals surface area contributed by atoms with Crippen LogP contribution >= 0.6 is 34.5 Å². The van der Waals surface area contributed by atoms with Crippen molar-refractivity contribution in [2.75, 3.05) is 6.54 Å². The average Bonchev–Trinajstić information content (AvgIpc) is 2.84. The van der Waals surface area contributed by atoms with Gasteiger partial charge in [-0.2, -0.15) is 0 Å². The Balaban J connectivity index is 1.68. The lowest BCUT2D eigenvalue weighted by molar-refractivity contribution is 0.0954. The summed E-state index contributed by atoms with van der Waals surface area (Å²) in [7, 11) is 0. The summed E-state index contributed by atoms with van der Waals surface area (Å²) in [6, 6.07) is 9.28. The molecule has 0 saturated heterocycles. The van der Waals surface area contributed by atoms with E-state index < -0.39 is 0 Å². The fraction of sp³-hybridized carbons (Fsp3) is 0.176. The number of nitrogens with zero attached hydrogens (tertiary/aromatic N) is 1. The van der Waals surface area contributed by atoms with Gasteiger partial charge < -0.3 is 5.32 Å². The van der Waals surface area contributed by atoms with E-state index in [1.54, 1.807) is 29.7 Å². The van der Waals surface area contributed by atoms with Crippen LogP contribution in [0.3, 0.4) is 0 Å². The summed E-state index contributed by atoms with van der Waals surface area (Å²) in [6.07, 6.45) is 2.33. The first kappa shape index (κ1) is 16.2. The first-order valence-electron chi connectivity index (χ1n) is 7.12. The van der Waals surface area contributed by atoms with Crippen LogP contribution in [-0.2, 0) is 6.42 Å². The SMILES string of the molecule is Cc1c(CCNC(=O)c2cccnc2Cl)sc2ccc(Cl)cc12. The second kappa shape index (κ2) is 6.87. The Labute approximate surface area is 148 Å². The van der Waals surface area contributed by atoms with Crippen LogP contribution in [0.4, 0.5) is 0 Å². The summed E-state index contributed by atoms with van der Waals surface area (Å²) in [5, 5.41) is 5.03. The first-order chi connectivity index (χ1) is 11.1. The zero-order valence-corrected chi connectivity index (χ0v) is 14.7. The molecule has 1 amide bonds. The molecule has 0 unspecified atom stereocenters. The summed E-state index contributed by atoms with van der Waals surface area (Å²) >= 11 is 13.7. The number of aryl methyl sites for hydroxylation is 1. The quantitative estimate of drug-likeness (QED) is 0.670. The normalized spacial score (nSPS) is 10.9. The minimum absolute atomic E-state index is 0.204. The Kier molecular flexibility index (Phi) is 4.85. The molecule has 2 aromatic heterocycles. The lowest BCUT2D eigenvalue weighted by Crippen LogP contribution is -2.26. The number of rotatable bonds is 4. The van der Waals surface area contributed by atoms with Gasteiger partial charge in [0.1, 0.15) is 5.15 Å². The van der Waals surface area contributed by atoms with E-state index in [2.05, 4.69) is 17.2 Å². The Morgan fingerprint density at radius 2 is 2.13 bits per heavy atom. The maximum absolute atomic E-state index is 12.1. The lowest BCUT2D eigenvalue weighted by Gasteiger charge is -2.06. The van der Waals surface area contributed by atoms with E-state index in [-0.39, 0.29) is 11.1 Å². The van der Waals surface area contributed by atoms with Crippen LogP contribution in [-0.4, -0.2) is 17.4 Å². The second-order valence-electron chi connectivity index (χ2n) is 5.14. The van der Waals surface area contributed by atoms with Gasteiger partial charge in [0.25, 0.3) is 5.91 Å². The second-order valence-corrected chi connectivity index (χ2v) is 7.07. The minimum Gasteiger partial charge on any atom is -0.352 e. The van der Waals surface area contributed by atoms with Gasteiger partial charge in [-0.3, -0.25) is 4.79 Å². The highest BCUT2D eigenvalue weighted by Crippen LogP contribution is 2.32. The number of halogens is 2. The van der Waals surface area contributed by atoms with E-state index in [0.29, 0.717) is 12.1 Å². The highest BCUT2D eigenvalue weighted by atomic mass is 35.5. The molecule has 0 aliphatic heterocycles. The number of amides is 1. The van der Waals surface area contributed by atoms with Gasteiger partial charge >= 0.3 is 0 Å². The third-order valence-electron chi connectivity index (χ3n) is 3.64. The topological polar surface area (TPSA) is 42.0 Å². The van der Waals surface area contributed by atoms with Crippen LogP contribution in [0.5, 0.6) is 0 Å². The Morgan fingerprint density at radius 3 is 2.91 bits per heavy atom. The van der Waals surface area contributed by atoms with E-state index in [1.807, 2.05) is 18.2 Å². The van der Waals surface area contributed by atoms with Crippen molar-refractivity contribution in [1.29, 1.82) is 0 Å². The molecular weight excluding hydrogens is 351 g/mol. The van der Waals surface area contributed by atoms with Crippen molar-refractivity contribution in [3.05, 3.63) is 62.7 Å². The molecule has 0 aliphatic rings. The maximum atomic E-state index is 12.1. The number of hydrogen-bond acceptors (Lipinski definition) is 3. The number of benzene rings is 1. The van der Waals surface area contributed by atoms with E-state index in [9.17, 15) is 4.79 Å². The summed E-state index contributed by atoms with van der Waals surface area (Å²) in [5.74, 6) is -0.204. The predicted molar refractivity (Wildman–Crippen MR) is 96.9 cm³/mol. The van der Waals surface area contributed by atoms with Gasteiger partial charge in [-0.05, 0) is 54.6 Å². The highest BCUT2D eigenvalue weighted by Gasteiger charge is 2.12. The Bertz CT molecular complexity index is 876. The third kappa shape index (κ3) is 3.50. The van der Waals surface area contributed by atoms with Crippen molar-refractivity contribution >= 4 is 50.5 Å². The molecule has 3 aromatic rings. The van der Waals surface area contributed by atoms with Gasteiger partial charge in [0.15, 0.2) is 0 Å². The van der Waals surface area contributed by atoms with Gasteiger partial charge in [0.05, 0.1) is 5.56 Å². The zero-order chi connectivity index (χ0) is 16.4. The zero-order valence-electron chi connectivity index (χ0n) is 12.4. The van der Waals surface area contributed by atoms with Gasteiger partial charge in [0, 0.05) is 27.3 Å². The first-order valence-corrected chi connectivity index (χ1v) is 8.70. The van der Waals surface area contributed by atoms with Crippen LogP contribution in [0.25, 0.3) is 10.1 Å². The standard InChI is InChI=1S/C17H14Cl2N2OS/c1-10-13-9-11(18)4-5-15(13)23-14(10)6-8-21-17(22)12-3-2-7-20-16(12)19/h2-5,7,9H,6,8H2,1H3,(H,21,22). The molecule has 118 valence electrons. The van der Waals surface area contributed by atoms with Crippen molar-refractivity contribution in [2.24, 2.45) is 0 Å². The van der Waals surface area contributed by atoms with Crippen LogP contribution in [0.15, 0.2) is 36.5 Å². The Hall–Kier alpha value is -1.62. The number of pyridine rings is 1. The molecule has 0 bridgehead atoms. The fourth-order valence-corrected chi connectivity index (χ4v) is 3.99. The molecule has 1 aromatic carbocycles. The average molecular weight is 365 g/mol. The molecule has 23 heavy (non-hydrogen) atoms. The number of carbonyl (C=O) groups is 1. The number of fused-ring (bicyclic) bond motifs is 1. The summed E-state index contributed by atoms with van der Waals surface area (Å²) in [6.45, 7) is 2.63. The lowest BCUT2D eigenvalue weighted by atomic mass is 10.1. The monoisotopic (exact) mass is 364 g/mol. The van der Waals surface area contributed by atoms with Crippen LogP contribution < -0.4 is 5.32 Å². The molecule has 0 saturated carbocycles. The molecular formula is C17H14Cl2N2OS. The Morgan fingerprint density at radius 1 is 1.30 bits per heavy atom. The van der Waals surface area contributed by atoms with Crippen molar-refractivity contribution in [2.45, 2.75) is 13.3 Å². The molecule has 0 spiro atoms. The largest absolute Gasteiger partial charge is 0.352 e. The summed E-state index contributed by atoms with van der Waals surface area (Å²) < 4.78 is 1.21. The number of hydrogen-bond donors (Lipinski definition) is 1. The number of thiophene rings is 1. The van der Waals surface area contributed by atoms with Crippen molar-refractivity contribution in [3.8, 4) is 0 Å². The molecule has 3 rings (SSSR count). The molecule has 6 heteroatoms. The molecule has 0 radical (unpaired) electrons. The van der Waals surface area contributed by atoms with E-state index in [1.165, 1.54) is 20.5 Å². The molecule has 0 fully saturated rings. The van der Waals surface area contributed by atoms with Crippen molar-refractivity contribution in [1.82, 2.24) is 10.3 Å². The van der Waals surface area contributed by atoms with Gasteiger partial charge in [-0.25, -0.2) is 4.98 Å². The third-order valence-corrected chi connectivity index (χ3v) is 5.51. The molecule has 2 heterocycles. The summed E-state index contributed by atoms with van der Waals surface area (Å²) in [4.78, 5) is 17.3. The predicted octanol–water partition coefficient (Wildman–Crippen LogP) is 4.88. The van der Waals surface area contributed by atoms with E-state index in [4.69, 9.17) is 23.2 Å². The van der Waals surface area contributed by atoms with Gasteiger partial charge in [-0.1, -0.05) is 23.2 Å². The van der Waals surface area contributed by atoms with E-state index >= 15 is 0 Å². The molecule has 0 aliphatic carbocycles. The minimum atomic E-state index is -0.204. The maximum Gasteiger partial charge on any atom is 0.254 e. The molecule has 3 nitrogen and oxygen atoms in total. The van der Waals surface area contributed by atoms with Crippen LogP contribution in [0.2, 0.25) is 10.2 Å². The number of aromatic nitrogens is 1. The van der Waals surface area contributed by atoms with Gasteiger partial charge in [0.2, 0.25) is 0 Å².